The molecular weight excluding hydrogens is 270 g/mol. The first-order valence-corrected chi connectivity index (χ1v) is 7.57. The molecule has 21 heavy (non-hydrogen) atoms. The molecule has 3 unspecified atom stereocenters. The standard InChI is InChI=1S/C15H27N3O3/c1-9(19)12-10-6-15(5,21-11(10)7-16-12)8-17-13(20)18-14(2,3)4/h10-12,16H,6-8H2,1-5H3,(H2,17,18,20)/t10?,11?,12-,15?/m1/s1. The van der Waals surface area contributed by atoms with Crippen LogP contribution < -0.4 is 16.0 Å². The van der Waals surface area contributed by atoms with Crippen LogP contribution in [0.3, 0.4) is 0 Å². The van der Waals surface area contributed by atoms with E-state index in [0.717, 1.165) is 6.42 Å². The van der Waals surface area contributed by atoms with Gasteiger partial charge in [-0.05, 0) is 41.0 Å². The van der Waals surface area contributed by atoms with E-state index in [-0.39, 0.29) is 35.4 Å². The maximum Gasteiger partial charge on any atom is 0.315 e. The molecule has 2 amide bonds. The third-order valence-corrected chi connectivity index (χ3v) is 4.10. The number of hydrogen-bond acceptors (Lipinski definition) is 4. The molecule has 2 saturated heterocycles. The Labute approximate surface area is 126 Å². The van der Waals surface area contributed by atoms with E-state index in [4.69, 9.17) is 4.74 Å². The van der Waals surface area contributed by atoms with Crippen LogP contribution in [0, 0.1) is 5.92 Å². The molecule has 0 spiro atoms. The number of urea groups is 1. The highest BCUT2D eigenvalue weighted by Gasteiger charge is 2.51. The van der Waals surface area contributed by atoms with Gasteiger partial charge in [0.05, 0.1) is 17.7 Å². The van der Waals surface area contributed by atoms with Crippen LogP contribution in [0.15, 0.2) is 0 Å². The highest BCUT2D eigenvalue weighted by Crippen LogP contribution is 2.39. The smallest absolute Gasteiger partial charge is 0.315 e. The van der Waals surface area contributed by atoms with Gasteiger partial charge in [0.25, 0.3) is 0 Å². The van der Waals surface area contributed by atoms with Gasteiger partial charge in [-0.1, -0.05) is 0 Å². The van der Waals surface area contributed by atoms with Crippen molar-refractivity contribution in [1.29, 1.82) is 0 Å². The highest BCUT2D eigenvalue weighted by atomic mass is 16.5. The quantitative estimate of drug-likeness (QED) is 0.720. The normalized spacial score (nSPS) is 35.4. The summed E-state index contributed by atoms with van der Waals surface area (Å²) in [5, 5.41) is 8.96. The largest absolute Gasteiger partial charge is 0.369 e. The van der Waals surface area contributed by atoms with Crippen LogP contribution in [0.1, 0.15) is 41.0 Å². The molecule has 0 bridgehead atoms. The predicted molar refractivity (Wildman–Crippen MR) is 80.1 cm³/mol. The SMILES string of the molecule is CC(=O)[C@H]1NCC2OC(C)(CNC(=O)NC(C)(C)C)CC21. The molecule has 0 aromatic rings. The first kappa shape index (κ1) is 16.2. The van der Waals surface area contributed by atoms with Crippen LogP contribution >= 0.6 is 0 Å². The Kier molecular flexibility index (Phi) is 4.31. The Morgan fingerprint density at radius 3 is 2.62 bits per heavy atom. The van der Waals surface area contributed by atoms with Crippen molar-refractivity contribution in [2.75, 3.05) is 13.1 Å². The second kappa shape index (κ2) is 5.57. The zero-order chi connectivity index (χ0) is 15.8. The molecule has 0 radical (unpaired) electrons. The number of rotatable bonds is 3. The first-order valence-electron chi connectivity index (χ1n) is 7.57. The summed E-state index contributed by atoms with van der Waals surface area (Å²) in [7, 11) is 0. The molecule has 2 rings (SSSR count). The average Bonchev–Trinajstić information content (AvgIpc) is 2.80. The van der Waals surface area contributed by atoms with Crippen molar-refractivity contribution in [2.24, 2.45) is 5.92 Å². The summed E-state index contributed by atoms with van der Waals surface area (Å²) in [4.78, 5) is 23.5. The fourth-order valence-electron chi connectivity index (χ4n) is 3.26. The van der Waals surface area contributed by atoms with Gasteiger partial charge in [-0.15, -0.1) is 0 Å². The molecule has 2 aliphatic rings. The van der Waals surface area contributed by atoms with Gasteiger partial charge in [0.15, 0.2) is 0 Å². The van der Waals surface area contributed by atoms with E-state index >= 15 is 0 Å². The number of carbonyl (C=O) groups is 2. The Morgan fingerprint density at radius 1 is 1.38 bits per heavy atom. The van der Waals surface area contributed by atoms with Crippen molar-refractivity contribution in [3.05, 3.63) is 0 Å². The minimum absolute atomic E-state index is 0.0661. The monoisotopic (exact) mass is 297 g/mol. The minimum atomic E-state index is -0.402. The molecular formula is C15H27N3O3. The highest BCUT2D eigenvalue weighted by molar-refractivity contribution is 5.82. The minimum Gasteiger partial charge on any atom is -0.369 e. The maximum atomic E-state index is 11.8. The summed E-state index contributed by atoms with van der Waals surface area (Å²) in [6.07, 6.45) is 0.849. The van der Waals surface area contributed by atoms with Gasteiger partial charge in [-0.25, -0.2) is 4.79 Å². The van der Waals surface area contributed by atoms with E-state index in [0.29, 0.717) is 13.1 Å². The molecule has 3 N–H and O–H groups in total. The van der Waals surface area contributed by atoms with Crippen LogP contribution in [-0.2, 0) is 9.53 Å². The molecule has 2 fully saturated rings. The van der Waals surface area contributed by atoms with E-state index in [1.165, 1.54) is 0 Å². The van der Waals surface area contributed by atoms with Crippen LogP contribution in [0.2, 0.25) is 0 Å². The molecule has 6 heteroatoms. The molecule has 0 saturated carbocycles. The van der Waals surface area contributed by atoms with Crippen LogP contribution in [-0.4, -0.2) is 48.2 Å². The van der Waals surface area contributed by atoms with Gasteiger partial charge in [-0.3, -0.25) is 4.79 Å². The zero-order valence-electron chi connectivity index (χ0n) is 13.6. The van der Waals surface area contributed by atoms with E-state index in [1.54, 1.807) is 6.92 Å². The Morgan fingerprint density at radius 2 is 2.05 bits per heavy atom. The second-order valence-electron chi connectivity index (χ2n) is 7.53. The van der Waals surface area contributed by atoms with Gasteiger partial charge < -0.3 is 20.7 Å². The van der Waals surface area contributed by atoms with Crippen LogP contribution in [0.4, 0.5) is 4.79 Å². The summed E-state index contributed by atoms with van der Waals surface area (Å²) in [5.74, 6) is 0.369. The molecule has 0 aromatic heterocycles. The molecule has 0 aromatic carbocycles. The molecule has 2 aliphatic heterocycles. The maximum absolute atomic E-state index is 11.8. The van der Waals surface area contributed by atoms with Crippen molar-refractivity contribution < 1.29 is 14.3 Å². The van der Waals surface area contributed by atoms with Gasteiger partial charge in [0.1, 0.15) is 5.78 Å². The van der Waals surface area contributed by atoms with Gasteiger partial charge >= 0.3 is 6.03 Å². The lowest BCUT2D eigenvalue weighted by molar-refractivity contribution is -0.119. The van der Waals surface area contributed by atoms with E-state index in [9.17, 15) is 9.59 Å². The number of ether oxygens (including phenoxy) is 1. The lowest BCUT2D eigenvalue weighted by Gasteiger charge is -2.28. The number of ketones is 1. The predicted octanol–water partition coefficient (Wildman–Crippen LogP) is 0.809. The third-order valence-electron chi connectivity index (χ3n) is 4.10. The summed E-state index contributed by atoms with van der Waals surface area (Å²) in [6, 6.07) is -0.300. The third kappa shape index (κ3) is 3.95. The van der Waals surface area contributed by atoms with Crippen molar-refractivity contribution >= 4 is 11.8 Å². The summed E-state index contributed by atoms with van der Waals surface area (Å²) >= 11 is 0. The molecule has 4 atom stereocenters. The molecule has 120 valence electrons. The van der Waals surface area contributed by atoms with Gasteiger partial charge in [0.2, 0.25) is 0 Å². The lowest BCUT2D eigenvalue weighted by atomic mass is 9.88. The van der Waals surface area contributed by atoms with Gasteiger partial charge in [-0.2, -0.15) is 0 Å². The zero-order valence-corrected chi connectivity index (χ0v) is 13.6. The second-order valence-corrected chi connectivity index (χ2v) is 7.53. The fourth-order valence-corrected chi connectivity index (χ4v) is 3.26. The number of Topliss-reactive ketones (excluding diaryl/α,β-unsaturated/α-hetero) is 1. The topological polar surface area (TPSA) is 79.5 Å². The van der Waals surface area contributed by atoms with Crippen molar-refractivity contribution in [3.63, 3.8) is 0 Å². The van der Waals surface area contributed by atoms with E-state index in [2.05, 4.69) is 16.0 Å². The molecule has 0 aliphatic carbocycles. The number of amides is 2. The fraction of sp³-hybridized carbons (Fsp3) is 0.867. The summed E-state index contributed by atoms with van der Waals surface area (Å²) in [5.41, 5.74) is -0.665. The molecule has 6 nitrogen and oxygen atoms in total. The Bertz CT molecular complexity index is 432. The summed E-state index contributed by atoms with van der Waals surface area (Å²) < 4.78 is 6.08. The number of hydrogen-bond donors (Lipinski definition) is 3. The summed E-state index contributed by atoms with van der Waals surface area (Å²) in [6.45, 7) is 10.6. The number of fused-ring (bicyclic) bond motifs is 1. The Hall–Kier alpha value is -1.14. The Balaban J connectivity index is 1.88. The first-order chi connectivity index (χ1) is 9.60. The van der Waals surface area contributed by atoms with E-state index < -0.39 is 5.60 Å². The van der Waals surface area contributed by atoms with Crippen molar-refractivity contribution in [3.8, 4) is 0 Å². The number of nitrogens with one attached hydrogen (secondary N) is 3. The van der Waals surface area contributed by atoms with Crippen molar-refractivity contribution in [1.82, 2.24) is 16.0 Å². The van der Waals surface area contributed by atoms with Crippen molar-refractivity contribution in [2.45, 2.75) is 64.3 Å². The molecule has 2 heterocycles. The lowest BCUT2D eigenvalue weighted by Crippen LogP contribution is -2.50. The van der Waals surface area contributed by atoms with Gasteiger partial charge in [0, 0.05) is 24.5 Å². The van der Waals surface area contributed by atoms with E-state index in [1.807, 2.05) is 27.7 Å². The van der Waals surface area contributed by atoms with Crippen LogP contribution in [0.5, 0.6) is 0 Å². The van der Waals surface area contributed by atoms with Crippen LogP contribution in [0.25, 0.3) is 0 Å². The average molecular weight is 297 g/mol. The number of carbonyl (C=O) groups excluding carboxylic acids is 2.